The van der Waals surface area contributed by atoms with Crippen LogP contribution in [0.2, 0.25) is 0 Å². The average Bonchev–Trinajstić information content (AvgIpc) is 2.17. The molecule has 2 N–H and O–H groups in total. The SMILES string of the molecule is CCNc1cc(N2CC(NC)C2)ncn1. The molecule has 5 nitrogen and oxygen atoms in total. The fraction of sp³-hybridized carbons (Fsp3) is 0.600. The molecular weight excluding hydrogens is 190 g/mol. The van der Waals surface area contributed by atoms with Gasteiger partial charge in [0.25, 0.3) is 0 Å². The topological polar surface area (TPSA) is 53.1 Å². The maximum Gasteiger partial charge on any atom is 0.134 e. The van der Waals surface area contributed by atoms with E-state index in [1.165, 1.54) is 0 Å². The Morgan fingerprint density at radius 3 is 2.93 bits per heavy atom. The number of likely N-dealkylation sites (N-methyl/N-ethyl adjacent to an activating group) is 1. The first-order valence-corrected chi connectivity index (χ1v) is 5.31. The van der Waals surface area contributed by atoms with Crippen LogP contribution >= 0.6 is 0 Å². The van der Waals surface area contributed by atoms with Crippen LogP contribution in [0.15, 0.2) is 12.4 Å². The van der Waals surface area contributed by atoms with Crippen LogP contribution in [-0.2, 0) is 0 Å². The molecule has 0 aromatic carbocycles. The summed E-state index contributed by atoms with van der Waals surface area (Å²) in [6.45, 7) is 5.00. The molecule has 1 fully saturated rings. The van der Waals surface area contributed by atoms with Crippen LogP contribution in [0, 0.1) is 0 Å². The van der Waals surface area contributed by atoms with E-state index in [1.807, 2.05) is 13.1 Å². The first-order valence-electron chi connectivity index (χ1n) is 5.31. The largest absolute Gasteiger partial charge is 0.370 e. The van der Waals surface area contributed by atoms with E-state index in [1.54, 1.807) is 6.33 Å². The van der Waals surface area contributed by atoms with E-state index in [4.69, 9.17) is 0 Å². The second-order valence-electron chi connectivity index (χ2n) is 3.68. The van der Waals surface area contributed by atoms with Crippen LogP contribution in [0.5, 0.6) is 0 Å². The second kappa shape index (κ2) is 4.44. The van der Waals surface area contributed by atoms with Crippen molar-refractivity contribution in [2.45, 2.75) is 13.0 Å². The summed E-state index contributed by atoms with van der Waals surface area (Å²) in [6.07, 6.45) is 1.61. The molecule has 82 valence electrons. The molecule has 0 unspecified atom stereocenters. The molecule has 5 heteroatoms. The average molecular weight is 207 g/mol. The predicted molar refractivity (Wildman–Crippen MR) is 61.3 cm³/mol. The van der Waals surface area contributed by atoms with Gasteiger partial charge in [-0.3, -0.25) is 0 Å². The minimum Gasteiger partial charge on any atom is -0.370 e. The molecule has 0 atom stereocenters. The fourth-order valence-electron chi connectivity index (χ4n) is 1.65. The molecule has 0 spiro atoms. The Hall–Kier alpha value is -1.36. The number of rotatable bonds is 4. The molecule has 2 rings (SSSR count). The number of aromatic nitrogens is 2. The highest BCUT2D eigenvalue weighted by atomic mass is 15.3. The number of hydrogen-bond acceptors (Lipinski definition) is 5. The Morgan fingerprint density at radius 2 is 2.27 bits per heavy atom. The lowest BCUT2D eigenvalue weighted by Gasteiger charge is -2.39. The van der Waals surface area contributed by atoms with Gasteiger partial charge in [-0.15, -0.1) is 0 Å². The van der Waals surface area contributed by atoms with Crippen LogP contribution in [0.3, 0.4) is 0 Å². The molecule has 0 radical (unpaired) electrons. The quantitative estimate of drug-likeness (QED) is 0.744. The number of anilines is 2. The lowest BCUT2D eigenvalue weighted by Crippen LogP contribution is -2.57. The van der Waals surface area contributed by atoms with Crippen LogP contribution < -0.4 is 15.5 Å². The third-order valence-corrected chi connectivity index (χ3v) is 2.62. The van der Waals surface area contributed by atoms with Gasteiger partial charge in [-0.05, 0) is 14.0 Å². The van der Waals surface area contributed by atoms with Crippen LogP contribution in [0.25, 0.3) is 0 Å². The van der Waals surface area contributed by atoms with Gasteiger partial charge in [0.2, 0.25) is 0 Å². The van der Waals surface area contributed by atoms with Gasteiger partial charge in [-0.2, -0.15) is 0 Å². The van der Waals surface area contributed by atoms with Gasteiger partial charge in [0, 0.05) is 31.7 Å². The predicted octanol–water partition coefficient (Wildman–Crippen LogP) is 0.316. The normalized spacial score (nSPS) is 16.3. The van der Waals surface area contributed by atoms with E-state index in [9.17, 15) is 0 Å². The maximum absolute atomic E-state index is 4.26. The molecular formula is C10H17N5. The molecule has 1 aromatic rings. The second-order valence-corrected chi connectivity index (χ2v) is 3.68. The summed E-state index contributed by atoms with van der Waals surface area (Å²) in [5.41, 5.74) is 0. The lowest BCUT2D eigenvalue weighted by atomic mass is 10.1. The molecule has 1 saturated heterocycles. The van der Waals surface area contributed by atoms with Crippen LogP contribution in [-0.4, -0.2) is 42.7 Å². The standard InChI is InChI=1S/C10H17N5/c1-3-12-9-4-10(14-7-13-9)15-5-8(6-15)11-2/h4,7-8,11H,3,5-6H2,1-2H3,(H,12,13,14). The minimum absolute atomic E-state index is 0.600. The minimum atomic E-state index is 0.600. The van der Waals surface area contributed by atoms with E-state index < -0.39 is 0 Å². The van der Waals surface area contributed by atoms with E-state index in [0.29, 0.717) is 6.04 Å². The summed E-state index contributed by atoms with van der Waals surface area (Å²) in [6, 6.07) is 2.59. The summed E-state index contributed by atoms with van der Waals surface area (Å²) in [4.78, 5) is 10.6. The molecule has 0 bridgehead atoms. The molecule has 15 heavy (non-hydrogen) atoms. The smallest absolute Gasteiger partial charge is 0.134 e. The molecule has 1 aromatic heterocycles. The van der Waals surface area contributed by atoms with E-state index in [2.05, 4.69) is 32.4 Å². The summed E-state index contributed by atoms with van der Waals surface area (Å²) < 4.78 is 0. The highest BCUT2D eigenvalue weighted by Gasteiger charge is 2.26. The van der Waals surface area contributed by atoms with Crippen molar-refractivity contribution in [2.75, 3.05) is 36.9 Å². The van der Waals surface area contributed by atoms with Crippen molar-refractivity contribution in [3.63, 3.8) is 0 Å². The Kier molecular flexibility index (Phi) is 3.01. The number of nitrogens with zero attached hydrogens (tertiary/aromatic N) is 3. The van der Waals surface area contributed by atoms with Crippen molar-refractivity contribution in [2.24, 2.45) is 0 Å². The van der Waals surface area contributed by atoms with Crippen molar-refractivity contribution in [1.82, 2.24) is 15.3 Å². The van der Waals surface area contributed by atoms with Crippen LogP contribution in [0.4, 0.5) is 11.6 Å². The fourth-order valence-corrected chi connectivity index (χ4v) is 1.65. The third-order valence-electron chi connectivity index (χ3n) is 2.62. The molecule has 1 aliphatic heterocycles. The molecule has 2 heterocycles. The van der Waals surface area contributed by atoms with Gasteiger partial charge in [-0.1, -0.05) is 0 Å². The van der Waals surface area contributed by atoms with E-state index >= 15 is 0 Å². The Labute approximate surface area is 89.9 Å². The highest BCUT2D eigenvalue weighted by molar-refractivity contribution is 5.50. The van der Waals surface area contributed by atoms with Gasteiger partial charge < -0.3 is 15.5 Å². The zero-order valence-corrected chi connectivity index (χ0v) is 9.20. The maximum atomic E-state index is 4.26. The zero-order valence-electron chi connectivity index (χ0n) is 9.20. The number of nitrogens with one attached hydrogen (secondary N) is 2. The molecule has 0 saturated carbocycles. The van der Waals surface area contributed by atoms with E-state index in [0.717, 1.165) is 31.3 Å². The van der Waals surface area contributed by atoms with Crippen molar-refractivity contribution in [3.05, 3.63) is 12.4 Å². The lowest BCUT2D eigenvalue weighted by molar-refractivity contribution is 0.447. The Balaban J connectivity index is 2.00. The van der Waals surface area contributed by atoms with E-state index in [-0.39, 0.29) is 0 Å². The zero-order chi connectivity index (χ0) is 10.7. The summed E-state index contributed by atoms with van der Waals surface area (Å²) in [5.74, 6) is 1.91. The molecule has 0 aliphatic carbocycles. The van der Waals surface area contributed by atoms with Crippen molar-refractivity contribution >= 4 is 11.6 Å². The summed E-state index contributed by atoms with van der Waals surface area (Å²) in [5, 5.41) is 6.42. The molecule has 1 aliphatic rings. The van der Waals surface area contributed by atoms with Gasteiger partial charge in [-0.25, -0.2) is 9.97 Å². The van der Waals surface area contributed by atoms with Crippen molar-refractivity contribution in [3.8, 4) is 0 Å². The van der Waals surface area contributed by atoms with Crippen LogP contribution in [0.1, 0.15) is 6.92 Å². The first-order chi connectivity index (χ1) is 7.33. The van der Waals surface area contributed by atoms with Crippen molar-refractivity contribution < 1.29 is 0 Å². The van der Waals surface area contributed by atoms with Gasteiger partial charge in [0.05, 0.1) is 0 Å². The number of hydrogen-bond donors (Lipinski definition) is 2. The van der Waals surface area contributed by atoms with Gasteiger partial charge >= 0.3 is 0 Å². The van der Waals surface area contributed by atoms with Gasteiger partial charge in [0.1, 0.15) is 18.0 Å². The Morgan fingerprint density at radius 1 is 1.47 bits per heavy atom. The summed E-state index contributed by atoms with van der Waals surface area (Å²) in [7, 11) is 1.99. The Bertz CT molecular complexity index is 321. The highest BCUT2D eigenvalue weighted by Crippen LogP contribution is 2.19. The van der Waals surface area contributed by atoms with Gasteiger partial charge in [0.15, 0.2) is 0 Å². The molecule has 0 amide bonds. The third kappa shape index (κ3) is 2.18. The summed E-state index contributed by atoms with van der Waals surface area (Å²) >= 11 is 0. The first kappa shape index (κ1) is 10.2. The monoisotopic (exact) mass is 207 g/mol. The van der Waals surface area contributed by atoms with Crippen molar-refractivity contribution in [1.29, 1.82) is 0 Å².